The van der Waals surface area contributed by atoms with Gasteiger partial charge in [0.1, 0.15) is 28.8 Å². The lowest BCUT2D eigenvalue weighted by Gasteiger charge is -2.13. The van der Waals surface area contributed by atoms with Crippen LogP contribution >= 0.6 is 0 Å². The molecule has 0 amide bonds. The molecule has 0 aliphatic rings. The lowest BCUT2D eigenvalue weighted by molar-refractivity contribution is -0.142. The number of hydrogen-bond acceptors (Lipinski definition) is 0. The van der Waals surface area contributed by atoms with Crippen molar-refractivity contribution < 1.29 is 30.7 Å². The molecule has 0 atom stereocenters. The van der Waals surface area contributed by atoms with Crippen molar-refractivity contribution in [3.63, 3.8) is 0 Å². The minimum Gasteiger partial charge on any atom is -0.206 e. The van der Waals surface area contributed by atoms with Crippen LogP contribution in [0.5, 0.6) is 0 Å². The fraction of sp³-hybridized carbons (Fsp3) is 0.333. The number of rotatable bonds is 7. The van der Waals surface area contributed by atoms with Crippen LogP contribution in [0.2, 0.25) is 0 Å². The zero-order valence-electron chi connectivity index (χ0n) is 16.9. The van der Waals surface area contributed by atoms with Crippen molar-refractivity contribution in [2.45, 2.75) is 51.6 Å². The van der Waals surface area contributed by atoms with E-state index >= 15 is 0 Å². The summed E-state index contributed by atoms with van der Waals surface area (Å²) in [6, 6.07) is 6.70. The first-order chi connectivity index (χ1) is 14.6. The van der Waals surface area contributed by atoms with E-state index in [0.717, 1.165) is 49.8 Å². The molecule has 0 fully saturated rings. The van der Waals surface area contributed by atoms with E-state index < -0.39 is 45.8 Å². The number of halogens is 7. The normalized spacial score (nSPS) is 12.0. The van der Waals surface area contributed by atoms with Crippen LogP contribution in [-0.4, -0.2) is 0 Å². The number of benzene rings is 3. The minimum atomic E-state index is -5.31. The second kappa shape index (κ2) is 9.28. The van der Waals surface area contributed by atoms with E-state index in [1.54, 1.807) is 6.07 Å². The topological polar surface area (TPSA) is 0 Å². The second-order valence-electron chi connectivity index (χ2n) is 7.58. The Kier molecular flexibility index (Phi) is 6.92. The number of hydrogen-bond donors (Lipinski definition) is 0. The molecule has 3 rings (SSSR count). The van der Waals surface area contributed by atoms with Gasteiger partial charge in [-0.05, 0) is 53.6 Å². The van der Waals surface area contributed by atoms with Crippen molar-refractivity contribution >= 4 is 10.8 Å². The Bertz CT molecular complexity index is 1080. The summed E-state index contributed by atoms with van der Waals surface area (Å²) in [7, 11) is 0. The Hall–Kier alpha value is -2.57. The van der Waals surface area contributed by atoms with Gasteiger partial charge in [0.2, 0.25) is 0 Å². The van der Waals surface area contributed by atoms with Gasteiger partial charge in [-0.3, -0.25) is 0 Å². The molecule has 0 heterocycles. The lowest BCUT2D eigenvalue weighted by atomic mass is 9.96. The molecule has 31 heavy (non-hydrogen) atoms. The highest BCUT2D eigenvalue weighted by Gasteiger charge is 2.39. The standard InChI is InChI=1S/C24H21F7/c1-2-3-4-5-6-7-14-8-9-17(18(25)10-14)15-11-16-13-20(27)22(24(29,30)31)23(28)21(16)19(26)12-15/h8-13H,2-7H2,1H3. The molecular weight excluding hydrogens is 421 g/mol. The van der Waals surface area contributed by atoms with Crippen LogP contribution in [0.15, 0.2) is 36.4 Å². The summed E-state index contributed by atoms with van der Waals surface area (Å²) >= 11 is 0. The highest BCUT2D eigenvalue weighted by atomic mass is 19.4. The first-order valence-corrected chi connectivity index (χ1v) is 10.1. The fourth-order valence-corrected chi connectivity index (χ4v) is 3.71. The van der Waals surface area contributed by atoms with Gasteiger partial charge in [0.05, 0.1) is 5.39 Å². The Balaban J connectivity index is 1.95. The van der Waals surface area contributed by atoms with Crippen molar-refractivity contribution in [1.82, 2.24) is 0 Å². The Morgan fingerprint density at radius 1 is 0.742 bits per heavy atom. The van der Waals surface area contributed by atoms with E-state index in [9.17, 15) is 30.7 Å². The van der Waals surface area contributed by atoms with E-state index in [-0.39, 0.29) is 11.1 Å². The molecule has 0 aromatic heterocycles. The molecule has 7 heteroatoms. The van der Waals surface area contributed by atoms with Gasteiger partial charge in [0.15, 0.2) is 0 Å². The zero-order valence-corrected chi connectivity index (χ0v) is 16.9. The Morgan fingerprint density at radius 3 is 2.10 bits per heavy atom. The SMILES string of the molecule is CCCCCCCc1ccc(-c2cc(F)c3c(F)c(C(F)(F)F)c(F)cc3c2)c(F)c1. The third-order valence-corrected chi connectivity index (χ3v) is 5.28. The van der Waals surface area contributed by atoms with Gasteiger partial charge >= 0.3 is 6.18 Å². The molecule has 0 saturated carbocycles. The van der Waals surface area contributed by atoms with Crippen molar-refractivity contribution in [2.24, 2.45) is 0 Å². The van der Waals surface area contributed by atoms with Crippen molar-refractivity contribution in [1.29, 1.82) is 0 Å². The van der Waals surface area contributed by atoms with Crippen LogP contribution < -0.4 is 0 Å². The van der Waals surface area contributed by atoms with Crippen LogP contribution in [0.3, 0.4) is 0 Å². The second-order valence-corrected chi connectivity index (χ2v) is 7.58. The molecule has 3 aromatic rings. The van der Waals surface area contributed by atoms with Gasteiger partial charge in [0.25, 0.3) is 0 Å². The molecule has 0 spiro atoms. The Labute approximate surface area is 175 Å². The van der Waals surface area contributed by atoms with E-state index in [0.29, 0.717) is 12.5 Å². The van der Waals surface area contributed by atoms with Crippen molar-refractivity contribution in [3.8, 4) is 11.1 Å². The maximum absolute atomic E-state index is 14.7. The highest BCUT2D eigenvalue weighted by molar-refractivity contribution is 5.89. The monoisotopic (exact) mass is 442 g/mol. The van der Waals surface area contributed by atoms with Crippen LogP contribution in [0, 0.1) is 23.3 Å². The first-order valence-electron chi connectivity index (χ1n) is 10.1. The van der Waals surface area contributed by atoms with Crippen LogP contribution in [-0.2, 0) is 12.6 Å². The molecule has 0 saturated heterocycles. The molecule has 0 radical (unpaired) electrons. The average molecular weight is 442 g/mol. The number of unbranched alkanes of at least 4 members (excludes halogenated alkanes) is 4. The number of fused-ring (bicyclic) bond motifs is 1. The van der Waals surface area contributed by atoms with Crippen LogP contribution in [0.25, 0.3) is 21.9 Å². The zero-order chi connectivity index (χ0) is 22.8. The van der Waals surface area contributed by atoms with Gasteiger partial charge in [-0.15, -0.1) is 0 Å². The molecule has 166 valence electrons. The van der Waals surface area contributed by atoms with Crippen molar-refractivity contribution in [2.75, 3.05) is 0 Å². The van der Waals surface area contributed by atoms with Crippen LogP contribution in [0.1, 0.15) is 50.2 Å². The van der Waals surface area contributed by atoms with Gasteiger partial charge in [-0.2, -0.15) is 13.2 Å². The predicted molar refractivity (Wildman–Crippen MR) is 107 cm³/mol. The van der Waals surface area contributed by atoms with Gasteiger partial charge < -0.3 is 0 Å². The number of aryl methyl sites for hydroxylation is 1. The van der Waals surface area contributed by atoms with E-state index in [1.165, 1.54) is 12.1 Å². The van der Waals surface area contributed by atoms with E-state index in [1.807, 2.05) is 0 Å². The molecule has 0 bridgehead atoms. The maximum Gasteiger partial charge on any atom is 0.422 e. The number of alkyl halides is 3. The summed E-state index contributed by atoms with van der Waals surface area (Å²) < 4.78 is 96.1. The first kappa shape index (κ1) is 23.1. The lowest BCUT2D eigenvalue weighted by Crippen LogP contribution is -2.12. The van der Waals surface area contributed by atoms with Gasteiger partial charge in [0, 0.05) is 5.56 Å². The third kappa shape index (κ3) is 5.02. The minimum absolute atomic E-state index is 0.00347. The smallest absolute Gasteiger partial charge is 0.206 e. The summed E-state index contributed by atoms with van der Waals surface area (Å²) in [5.41, 5.74) is -1.40. The van der Waals surface area contributed by atoms with E-state index in [2.05, 4.69) is 6.92 Å². The largest absolute Gasteiger partial charge is 0.422 e. The van der Waals surface area contributed by atoms with Crippen LogP contribution in [0.4, 0.5) is 30.7 Å². The molecule has 0 aliphatic carbocycles. The van der Waals surface area contributed by atoms with Crippen molar-refractivity contribution in [3.05, 3.63) is 70.8 Å². The summed E-state index contributed by atoms with van der Waals surface area (Å²) in [6.45, 7) is 2.11. The molecule has 0 N–H and O–H groups in total. The molecule has 3 aromatic carbocycles. The average Bonchev–Trinajstić information content (AvgIpc) is 2.66. The maximum atomic E-state index is 14.7. The third-order valence-electron chi connectivity index (χ3n) is 5.28. The predicted octanol–water partition coefficient (Wildman–Crippen LogP) is 8.59. The highest BCUT2D eigenvalue weighted by Crippen LogP contribution is 2.39. The van der Waals surface area contributed by atoms with Gasteiger partial charge in [-0.1, -0.05) is 44.7 Å². The molecule has 0 unspecified atom stereocenters. The molecule has 0 nitrogen and oxygen atoms in total. The fourth-order valence-electron chi connectivity index (χ4n) is 3.71. The summed E-state index contributed by atoms with van der Waals surface area (Å²) in [5.74, 6) is -5.84. The summed E-state index contributed by atoms with van der Waals surface area (Å²) in [4.78, 5) is 0. The molecule has 0 aliphatic heterocycles. The molecular formula is C24H21F7. The summed E-state index contributed by atoms with van der Waals surface area (Å²) in [6.07, 6.45) is 0.684. The van der Waals surface area contributed by atoms with Gasteiger partial charge in [-0.25, -0.2) is 17.6 Å². The quantitative estimate of drug-likeness (QED) is 0.254. The Morgan fingerprint density at radius 2 is 1.45 bits per heavy atom. The summed E-state index contributed by atoms with van der Waals surface area (Å²) in [5, 5.41) is -1.40. The van der Waals surface area contributed by atoms with E-state index in [4.69, 9.17) is 0 Å².